The number of nitrogens with one attached hydrogen (secondary N) is 2. The molecule has 2 heterocycles. The van der Waals surface area contributed by atoms with Crippen molar-refractivity contribution in [2.24, 2.45) is 0 Å². The van der Waals surface area contributed by atoms with Crippen LogP contribution in [0.25, 0.3) is 11.3 Å². The lowest BCUT2D eigenvalue weighted by Crippen LogP contribution is -2.05. The third-order valence-electron chi connectivity index (χ3n) is 3.07. The lowest BCUT2D eigenvalue weighted by atomic mass is 10.2. The van der Waals surface area contributed by atoms with Crippen molar-refractivity contribution >= 4 is 23.2 Å². The van der Waals surface area contributed by atoms with Crippen LogP contribution in [0.5, 0.6) is 0 Å². The molecule has 0 unspecified atom stereocenters. The Morgan fingerprint density at radius 1 is 1.00 bits per heavy atom. The van der Waals surface area contributed by atoms with Gasteiger partial charge in [0, 0.05) is 42.5 Å². The molecule has 0 atom stereocenters. The fourth-order valence-corrected chi connectivity index (χ4v) is 2.06. The molecule has 0 saturated heterocycles. The Kier molecular flexibility index (Phi) is 4.24. The van der Waals surface area contributed by atoms with Crippen LogP contribution < -0.4 is 10.6 Å². The molecule has 0 spiro atoms. The number of benzene rings is 1. The van der Waals surface area contributed by atoms with Gasteiger partial charge in [-0.05, 0) is 42.5 Å². The van der Waals surface area contributed by atoms with Gasteiger partial charge in [-0.15, -0.1) is 0 Å². The van der Waals surface area contributed by atoms with E-state index in [2.05, 4.69) is 25.6 Å². The zero-order valence-electron chi connectivity index (χ0n) is 12.5. The number of hydrogen-bond donors (Lipinski definition) is 2. The van der Waals surface area contributed by atoms with Crippen molar-refractivity contribution in [2.75, 3.05) is 10.6 Å². The van der Waals surface area contributed by atoms with Crippen LogP contribution >= 0.6 is 0 Å². The first-order valence-corrected chi connectivity index (χ1v) is 7.09. The lowest BCUT2D eigenvalue weighted by molar-refractivity contribution is -0.114. The Bertz CT molecular complexity index is 803. The maximum atomic E-state index is 11.0. The SMILES string of the molecule is CC(=O)Nc1ccc(Nc2nccc(-c3cccnc3)n2)cc1. The van der Waals surface area contributed by atoms with Crippen molar-refractivity contribution < 1.29 is 4.79 Å². The highest BCUT2D eigenvalue weighted by Crippen LogP contribution is 2.19. The van der Waals surface area contributed by atoms with E-state index in [0.29, 0.717) is 5.95 Å². The molecule has 2 N–H and O–H groups in total. The molecule has 0 radical (unpaired) electrons. The second kappa shape index (κ2) is 6.65. The van der Waals surface area contributed by atoms with Gasteiger partial charge >= 0.3 is 0 Å². The highest BCUT2D eigenvalue weighted by molar-refractivity contribution is 5.88. The van der Waals surface area contributed by atoms with Crippen LogP contribution in [-0.2, 0) is 4.79 Å². The number of aromatic nitrogens is 3. The van der Waals surface area contributed by atoms with Gasteiger partial charge in [-0.2, -0.15) is 0 Å². The van der Waals surface area contributed by atoms with Crippen molar-refractivity contribution in [2.45, 2.75) is 6.92 Å². The van der Waals surface area contributed by atoms with Crippen molar-refractivity contribution in [1.82, 2.24) is 15.0 Å². The number of carbonyl (C=O) groups is 1. The molecule has 0 aliphatic carbocycles. The number of anilines is 3. The first-order valence-electron chi connectivity index (χ1n) is 7.09. The Morgan fingerprint density at radius 3 is 2.48 bits per heavy atom. The summed E-state index contributed by atoms with van der Waals surface area (Å²) in [4.78, 5) is 23.8. The normalized spacial score (nSPS) is 10.1. The summed E-state index contributed by atoms with van der Waals surface area (Å²) in [5, 5.41) is 5.86. The average molecular weight is 305 g/mol. The molecule has 23 heavy (non-hydrogen) atoms. The van der Waals surface area contributed by atoms with Crippen molar-refractivity contribution in [3.63, 3.8) is 0 Å². The molecule has 3 aromatic rings. The molecule has 3 rings (SSSR count). The fraction of sp³-hybridized carbons (Fsp3) is 0.0588. The highest BCUT2D eigenvalue weighted by Gasteiger charge is 2.03. The highest BCUT2D eigenvalue weighted by atomic mass is 16.1. The van der Waals surface area contributed by atoms with Gasteiger partial charge in [0.15, 0.2) is 0 Å². The van der Waals surface area contributed by atoms with Gasteiger partial charge in [-0.25, -0.2) is 9.97 Å². The zero-order chi connectivity index (χ0) is 16.1. The summed E-state index contributed by atoms with van der Waals surface area (Å²) in [6, 6.07) is 13.0. The monoisotopic (exact) mass is 305 g/mol. The van der Waals surface area contributed by atoms with Gasteiger partial charge in [0.05, 0.1) is 5.69 Å². The summed E-state index contributed by atoms with van der Waals surface area (Å²) in [6.07, 6.45) is 5.18. The first kappa shape index (κ1) is 14.6. The number of carbonyl (C=O) groups excluding carboxylic acids is 1. The minimum Gasteiger partial charge on any atom is -0.326 e. The fourth-order valence-electron chi connectivity index (χ4n) is 2.06. The average Bonchev–Trinajstić information content (AvgIpc) is 2.57. The molecule has 1 aromatic carbocycles. The molecular weight excluding hydrogens is 290 g/mol. The molecule has 0 bridgehead atoms. The summed E-state index contributed by atoms with van der Waals surface area (Å²) in [6.45, 7) is 1.48. The maximum absolute atomic E-state index is 11.0. The van der Waals surface area contributed by atoms with E-state index in [1.54, 1.807) is 18.6 Å². The molecule has 0 fully saturated rings. The molecule has 0 aliphatic heterocycles. The van der Waals surface area contributed by atoms with Crippen LogP contribution in [0.1, 0.15) is 6.92 Å². The van der Waals surface area contributed by atoms with Gasteiger partial charge in [0.2, 0.25) is 11.9 Å². The van der Waals surface area contributed by atoms with Crippen LogP contribution in [-0.4, -0.2) is 20.9 Å². The van der Waals surface area contributed by atoms with Crippen LogP contribution in [0.3, 0.4) is 0 Å². The second-order valence-corrected chi connectivity index (χ2v) is 4.89. The second-order valence-electron chi connectivity index (χ2n) is 4.89. The largest absolute Gasteiger partial charge is 0.326 e. The Balaban J connectivity index is 1.77. The van der Waals surface area contributed by atoms with Gasteiger partial charge in [-0.1, -0.05) is 0 Å². The third-order valence-corrected chi connectivity index (χ3v) is 3.07. The Morgan fingerprint density at radius 2 is 1.78 bits per heavy atom. The van der Waals surface area contributed by atoms with Crippen LogP contribution in [0.15, 0.2) is 61.1 Å². The van der Waals surface area contributed by atoms with E-state index in [9.17, 15) is 4.79 Å². The van der Waals surface area contributed by atoms with Crippen LogP contribution in [0.2, 0.25) is 0 Å². The number of nitrogens with zero attached hydrogens (tertiary/aromatic N) is 3. The lowest BCUT2D eigenvalue weighted by Gasteiger charge is -2.08. The van der Waals surface area contributed by atoms with Crippen molar-refractivity contribution in [1.29, 1.82) is 0 Å². The number of amides is 1. The standard InChI is InChI=1S/C17H15N5O/c1-12(23)20-14-4-6-15(7-5-14)21-17-19-10-8-16(22-17)13-3-2-9-18-11-13/h2-11H,1H3,(H,20,23)(H,19,21,22). The summed E-state index contributed by atoms with van der Waals surface area (Å²) >= 11 is 0. The molecular formula is C17H15N5O. The minimum atomic E-state index is -0.0989. The molecule has 0 saturated carbocycles. The predicted octanol–water partition coefficient (Wildman–Crippen LogP) is 3.24. The molecule has 6 nitrogen and oxygen atoms in total. The van der Waals surface area contributed by atoms with E-state index in [1.165, 1.54) is 6.92 Å². The van der Waals surface area contributed by atoms with Crippen LogP contribution in [0.4, 0.5) is 17.3 Å². The predicted molar refractivity (Wildman–Crippen MR) is 89.3 cm³/mol. The molecule has 114 valence electrons. The molecule has 2 aromatic heterocycles. The van der Waals surface area contributed by atoms with E-state index < -0.39 is 0 Å². The van der Waals surface area contributed by atoms with Gasteiger partial charge in [-0.3, -0.25) is 9.78 Å². The molecule has 1 amide bonds. The molecule has 6 heteroatoms. The van der Waals surface area contributed by atoms with Gasteiger partial charge < -0.3 is 10.6 Å². The van der Waals surface area contributed by atoms with E-state index in [4.69, 9.17) is 0 Å². The van der Waals surface area contributed by atoms with Gasteiger partial charge in [0.25, 0.3) is 0 Å². The minimum absolute atomic E-state index is 0.0989. The Labute approximate surface area is 133 Å². The van der Waals surface area contributed by atoms with Crippen molar-refractivity contribution in [3.05, 3.63) is 61.1 Å². The number of hydrogen-bond acceptors (Lipinski definition) is 5. The van der Waals surface area contributed by atoms with Gasteiger partial charge in [0.1, 0.15) is 0 Å². The number of rotatable bonds is 4. The van der Waals surface area contributed by atoms with E-state index in [-0.39, 0.29) is 5.91 Å². The Hall–Kier alpha value is -3.28. The molecule has 0 aliphatic rings. The number of pyridine rings is 1. The van der Waals surface area contributed by atoms with E-state index in [0.717, 1.165) is 22.6 Å². The quantitative estimate of drug-likeness (QED) is 0.773. The summed E-state index contributed by atoms with van der Waals surface area (Å²) in [5.41, 5.74) is 3.31. The summed E-state index contributed by atoms with van der Waals surface area (Å²) < 4.78 is 0. The van der Waals surface area contributed by atoms with E-state index >= 15 is 0 Å². The summed E-state index contributed by atoms with van der Waals surface area (Å²) in [7, 11) is 0. The third kappa shape index (κ3) is 3.88. The van der Waals surface area contributed by atoms with E-state index in [1.807, 2.05) is 42.5 Å². The zero-order valence-corrected chi connectivity index (χ0v) is 12.5. The first-order chi connectivity index (χ1) is 11.2. The summed E-state index contributed by atoms with van der Waals surface area (Å²) in [5.74, 6) is 0.400. The maximum Gasteiger partial charge on any atom is 0.227 e. The smallest absolute Gasteiger partial charge is 0.227 e. The van der Waals surface area contributed by atoms with Crippen LogP contribution in [0, 0.1) is 0 Å². The van der Waals surface area contributed by atoms with Crippen molar-refractivity contribution in [3.8, 4) is 11.3 Å². The topological polar surface area (TPSA) is 79.8 Å².